The maximum atomic E-state index is 13.2. The van der Waals surface area contributed by atoms with Gasteiger partial charge in [0, 0.05) is 12.7 Å². The highest BCUT2D eigenvalue weighted by Crippen LogP contribution is 2.39. The first-order chi connectivity index (χ1) is 11.1. The van der Waals surface area contributed by atoms with Crippen molar-refractivity contribution in [2.45, 2.75) is 70.9 Å². The van der Waals surface area contributed by atoms with Gasteiger partial charge in [0.25, 0.3) is 0 Å². The van der Waals surface area contributed by atoms with E-state index in [0.717, 1.165) is 70.0 Å². The quantitative estimate of drug-likeness (QED) is 0.861. The van der Waals surface area contributed by atoms with Gasteiger partial charge in [-0.3, -0.25) is 9.48 Å². The van der Waals surface area contributed by atoms with E-state index in [1.54, 1.807) is 0 Å². The zero-order chi connectivity index (χ0) is 16.3. The van der Waals surface area contributed by atoms with Crippen LogP contribution >= 0.6 is 0 Å². The maximum Gasteiger partial charge on any atom is 0.243 e. The van der Waals surface area contributed by atoms with Crippen molar-refractivity contribution in [2.75, 3.05) is 6.54 Å². The van der Waals surface area contributed by atoms with E-state index in [0.29, 0.717) is 0 Å². The second-order valence-corrected chi connectivity index (χ2v) is 7.14. The number of piperidine rings is 1. The maximum absolute atomic E-state index is 13.2. The van der Waals surface area contributed by atoms with Crippen LogP contribution in [0.3, 0.4) is 0 Å². The van der Waals surface area contributed by atoms with Gasteiger partial charge in [-0.05, 0) is 44.6 Å². The highest BCUT2D eigenvalue weighted by molar-refractivity contribution is 5.86. The van der Waals surface area contributed by atoms with Crippen LogP contribution in [0, 0.1) is 23.7 Å². The van der Waals surface area contributed by atoms with Gasteiger partial charge in [0.1, 0.15) is 5.41 Å². The number of carbonyl (C=O) groups excluding carboxylic acids is 1. The molecule has 1 saturated heterocycles. The summed E-state index contributed by atoms with van der Waals surface area (Å²) in [7, 11) is 0. The second-order valence-electron chi connectivity index (χ2n) is 7.14. The molecule has 5 nitrogen and oxygen atoms in total. The standard InChI is InChI=1S/C18H26N4O/c1-15-11-20-21(12-15)13-16-7-3-6-10-22(16)17(23)18(14-19)8-4-2-5-9-18/h11-12,16H,2-10,13H2,1H3. The van der Waals surface area contributed by atoms with Crippen molar-refractivity contribution in [3.63, 3.8) is 0 Å². The Labute approximate surface area is 138 Å². The van der Waals surface area contributed by atoms with Crippen molar-refractivity contribution in [2.24, 2.45) is 5.41 Å². The number of aryl methyl sites for hydroxylation is 1. The minimum Gasteiger partial charge on any atom is -0.336 e. The fourth-order valence-electron chi connectivity index (χ4n) is 4.04. The van der Waals surface area contributed by atoms with Crippen LogP contribution in [0.15, 0.2) is 12.4 Å². The number of nitrogens with zero attached hydrogens (tertiary/aromatic N) is 4. The van der Waals surface area contributed by atoms with Crippen LogP contribution in [0.5, 0.6) is 0 Å². The first kappa shape index (κ1) is 16.0. The van der Waals surface area contributed by atoms with E-state index in [4.69, 9.17) is 0 Å². The molecule has 1 aromatic rings. The summed E-state index contributed by atoms with van der Waals surface area (Å²) >= 11 is 0. The number of likely N-dealkylation sites (tertiary alicyclic amines) is 1. The topological polar surface area (TPSA) is 61.9 Å². The third-order valence-corrected chi connectivity index (χ3v) is 5.38. The predicted molar refractivity (Wildman–Crippen MR) is 87.4 cm³/mol. The SMILES string of the molecule is Cc1cnn(CC2CCCCN2C(=O)C2(C#N)CCCCC2)c1. The van der Waals surface area contributed by atoms with E-state index >= 15 is 0 Å². The number of hydrogen-bond donors (Lipinski definition) is 0. The van der Waals surface area contributed by atoms with Crippen LogP contribution in [0.4, 0.5) is 0 Å². The summed E-state index contributed by atoms with van der Waals surface area (Å²) in [6.45, 7) is 3.55. The van der Waals surface area contributed by atoms with Gasteiger partial charge in [-0.15, -0.1) is 0 Å². The van der Waals surface area contributed by atoms with Crippen molar-refractivity contribution in [3.8, 4) is 6.07 Å². The van der Waals surface area contributed by atoms with Crippen molar-refractivity contribution in [1.29, 1.82) is 5.26 Å². The molecule has 1 saturated carbocycles. The average molecular weight is 314 g/mol. The summed E-state index contributed by atoms with van der Waals surface area (Å²) in [6, 6.07) is 2.56. The molecule has 2 aliphatic rings. The largest absolute Gasteiger partial charge is 0.336 e. The second kappa shape index (κ2) is 6.74. The summed E-state index contributed by atoms with van der Waals surface area (Å²) in [6.07, 6.45) is 11.7. The fourth-order valence-corrected chi connectivity index (χ4v) is 4.04. The summed E-state index contributed by atoms with van der Waals surface area (Å²) in [5, 5.41) is 14.1. The molecule has 1 unspecified atom stereocenters. The first-order valence-corrected chi connectivity index (χ1v) is 8.86. The number of nitriles is 1. The number of aromatic nitrogens is 2. The third kappa shape index (κ3) is 3.26. The summed E-state index contributed by atoms with van der Waals surface area (Å²) in [5.74, 6) is 0.0771. The molecule has 3 rings (SSSR count). The van der Waals surface area contributed by atoms with Crippen LogP contribution in [-0.2, 0) is 11.3 Å². The number of carbonyl (C=O) groups is 1. The Kier molecular flexibility index (Phi) is 4.70. The van der Waals surface area contributed by atoms with Crippen LogP contribution in [-0.4, -0.2) is 33.2 Å². The van der Waals surface area contributed by atoms with E-state index in [1.165, 1.54) is 0 Å². The number of rotatable bonds is 3. The Balaban J connectivity index is 1.77. The van der Waals surface area contributed by atoms with Gasteiger partial charge >= 0.3 is 0 Å². The van der Waals surface area contributed by atoms with Crippen molar-refractivity contribution >= 4 is 5.91 Å². The molecule has 0 spiro atoms. The molecule has 1 aromatic heterocycles. The average Bonchev–Trinajstić information content (AvgIpc) is 3.00. The van der Waals surface area contributed by atoms with Crippen molar-refractivity contribution in [3.05, 3.63) is 18.0 Å². The fraction of sp³-hybridized carbons (Fsp3) is 0.722. The van der Waals surface area contributed by atoms with Gasteiger partial charge < -0.3 is 4.90 Å². The number of hydrogen-bond acceptors (Lipinski definition) is 3. The first-order valence-electron chi connectivity index (χ1n) is 8.86. The zero-order valence-corrected chi connectivity index (χ0v) is 14.0. The smallest absolute Gasteiger partial charge is 0.243 e. The molecule has 0 bridgehead atoms. The van der Waals surface area contributed by atoms with Gasteiger partial charge in [0.05, 0.1) is 24.9 Å². The zero-order valence-electron chi connectivity index (χ0n) is 14.0. The highest BCUT2D eigenvalue weighted by Gasteiger charge is 2.44. The lowest BCUT2D eigenvalue weighted by atomic mass is 9.73. The molecule has 0 aromatic carbocycles. The van der Waals surface area contributed by atoms with Crippen LogP contribution in [0.2, 0.25) is 0 Å². The summed E-state index contributed by atoms with van der Waals surface area (Å²) in [5.41, 5.74) is 0.368. The van der Waals surface area contributed by atoms with Crippen LogP contribution in [0.1, 0.15) is 56.9 Å². The molecule has 1 aliphatic heterocycles. The highest BCUT2D eigenvalue weighted by atomic mass is 16.2. The molecular weight excluding hydrogens is 288 g/mol. The third-order valence-electron chi connectivity index (χ3n) is 5.38. The van der Waals surface area contributed by atoms with E-state index < -0.39 is 5.41 Å². The van der Waals surface area contributed by atoms with Crippen LogP contribution < -0.4 is 0 Å². The molecule has 2 heterocycles. The lowest BCUT2D eigenvalue weighted by Crippen LogP contribution is -2.52. The molecule has 5 heteroatoms. The molecule has 0 radical (unpaired) electrons. The lowest BCUT2D eigenvalue weighted by molar-refractivity contribution is -0.144. The van der Waals surface area contributed by atoms with Gasteiger partial charge in [-0.2, -0.15) is 10.4 Å². The normalized spacial score (nSPS) is 24.2. The molecule has 1 atom stereocenters. The number of amides is 1. The van der Waals surface area contributed by atoms with Crippen molar-refractivity contribution in [1.82, 2.24) is 14.7 Å². The van der Waals surface area contributed by atoms with Crippen molar-refractivity contribution < 1.29 is 4.79 Å². The summed E-state index contributed by atoms with van der Waals surface area (Å²) in [4.78, 5) is 15.2. The van der Waals surface area contributed by atoms with Gasteiger partial charge in [-0.1, -0.05) is 19.3 Å². The Morgan fingerprint density at radius 2 is 2.13 bits per heavy atom. The molecule has 1 amide bonds. The van der Waals surface area contributed by atoms with E-state index in [9.17, 15) is 10.1 Å². The molecule has 2 fully saturated rings. The van der Waals surface area contributed by atoms with E-state index in [1.807, 2.05) is 28.9 Å². The Morgan fingerprint density at radius 3 is 2.78 bits per heavy atom. The van der Waals surface area contributed by atoms with Gasteiger partial charge in [0.2, 0.25) is 5.91 Å². The molecule has 124 valence electrons. The Hall–Kier alpha value is -1.83. The van der Waals surface area contributed by atoms with Gasteiger partial charge in [0.15, 0.2) is 0 Å². The summed E-state index contributed by atoms with van der Waals surface area (Å²) < 4.78 is 1.94. The Bertz CT molecular complexity index is 594. The molecule has 1 aliphatic carbocycles. The molecule has 0 N–H and O–H groups in total. The minimum atomic E-state index is -0.770. The Morgan fingerprint density at radius 1 is 1.35 bits per heavy atom. The monoisotopic (exact) mass is 314 g/mol. The minimum absolute atomic E-state index is 0.0771. The van der Waals surface area contributed by atoms with Crippen LogP contribution in [0.25, 0.3) is 0 Å². The van der Waals surface area contributed by atoms with E-state index in [2.05, 4.69) is 11.2 Å². The van der Waals surface area contributed by atoms with E-state index in [-0.39, 0.29) is 11.9 Å². The lowest BCUT2D eigenvalue weighted by Gasteiger charge is -2.41. The van der Waals surface area contributed by atoms with Gasteiger partial charge in [-0.25, -0.2) is 0 Å². The molecule has 23 heavy (non-hydrogen) atoms. The predicted octanol–water partition coefficient (Wildman–Crippen LogP) is 3.05. The molecular formula is C18H26N4O.